The Balaban J connectivity index is 1.32. The van der Waals surface area contributed by atoms with Crippen LogP contribution in [0.2, 0.25) is 0 Å². The molecule has 0 radical (unpaired) electrons. The topological polar surface area (TPSA) is 88.1 Å². The number of thiophene rings is 1. The van der Waals surface area contributed by atoms with Crippen LogP contribution in [0.1, 0.15) is 31.4 Å². The number of carbonyl (C=O) groups is 1. The normalized spacial score (nSPS) is 19.1. The van der Waals surface area contributed by atoms with Crippen molar-refractivity contribution in [2.75, 3.05) is 13.6 Å². The molecule has 7 nitrogen and oxygen atoms in total. The minimum absolute atomic E-state index is 0.0183. The number of hydrogen-bond donors (Lipinski definition) is 1. The highest BCUT2D eigenvalue weighted by molar-refractivity contribution is 7.17. The van der Waals surface area contributed by atoms with E-state index < -0.39 is 0 Å². The van der Waals surface area contributed by atoms with Crippen LogP contribution in [0.3, 0.4) is 0 Å². The minimum Gasteiger partial charge on any atom is -0.345 e. The lowest BCUT2D eigenvalue weighted by molar-refractivity contribution is -0.135. The molecule has 0 aromatic carbocycles. The molecule has 0 spiro atoms. The first-order valence-corrected chi connectivity index (χ1v) is 11.3. The first-order valence-electron chi connectivity index (χ1n) is 10.4. The van der Waals surface area contributed by atoms with Crippen LogP contribution in [-0.4, -0.2) is 38.9 Å². The molecule has 30 heavy (non-hydrogen) atoms. The number of aromatic amines is 1. The molecular formula is C22H26N4O3S. The lowest BCUT2D eigenvalue weighted by atomic mass is 9.81. The summed E-state index contributed by atoms with van der Waals surface area (Å²) in [5, 5.41) is 1.81. The van der Waals surface area contributed by atoms with Crippen molar-refractivity contribution in [1.82, 2.24) is 19.4 Å². The molecule has 0 saturated heterocycles. The first-order chi connectivity index (χ1) is 14.5. The summed E-state index contributed by atoms with van der Waals surface area (Å²) in [7, 11) is 1.85. The number of pyridine rings is 1. The van der Waals surface area contributed by atoms with Gasteiger partial charge in [-0.25, -0.2) is 4.79 Å². The summed E-state index contributed by atoms with van der Waals surface area (Å²) in [5.41, 5.74) is 1.03. The van der Waals surface area contributed by atoms with Crippen molar-refractivity contribution in [2.24, 2.45) is 11.8 Å². The van der Waals surface area contributed by atoms with Gasteiger partial charge in [-0.1, -0.05) is 6.07 Å². The number of hydrogen-bond acceptors (Lipinski definition) is 5. The van der Waals surface area contributed by atoms with Crippen molar-refractivity contribution in [3.8, 4) is 0 Å². The summed E-state index contributed by atoms with van der Waals surface area (Å²) in [4.78, 5) is 46.7. The van der Waals surface area contributed by atoms with Crippen molar-refractivity contribution in [1.29, 1.82) is 0 Å². The summed E-state index contributed by atoms with van der Waals surface area (Å²) in [6, 6.07) is 7.57. The van der Waals surface area contributed by atoms with Crippen LogP contribution in [0.15, 0.2) is 45.4 Å². The Labute approximate surface area is 178 Å². The molecule has 0 atom stereocenters. The maximum absolute atomic E-state index is 12.8. The third kappa shape index (κ3) is 4.38. The van der Waals surface area contributed by atoms with Crippen LogP contribution in [0.4, 0.5) is 0 Å². The highest BCUT2D eigenvalue weighted by atomic mass is 32.1. The predicted octanol–water partition coefficient (Wildman–Crippen LogP) is 2.65. The molecule has 158 valence electrons. The second kappa shape index (κ2) is 8.95. The van der Waals surface area contributed by atoms with Crippen molar-refractivity contribution >= 4 is 27.5 Å². The summed E-state index contributed by atoms with van der Waals surface area (Å²) >= 11 is 1.35. The monoisotopic (exact) mass is 426 g/mol. The van der Waals surface area contributed by atoms with Gasteiger partial charge >= 0.3 is 5.69 Å². The van der Waals surface area contributed by atoms with Gasteiger partial charge in [-0.05, 0) is 55.2 Å². The van der Waals surface area contributed by atoms with Gasteiger partial charge in [0.1, 0.15) is 4.70 Å². The molecule has 1 amide bonds. The molecule has 1 saturated carbocycles. The van der Waals surface area contributed by atoms with Gasteiger partial charge in [-0.15, -0.1) is 11.3 Å². The van der Waals surface area contributed by atoms with Gasteiger partial charge in [0.05, 0.1) is 5.52 Å². The van der Waals surface area contributed by atoms with E-state index in [0.717, 1.165) is 37.8 Å². The standard InChI is InChI=1S/C22H26N4O3S/c1-25(12-9-17-4-2-3-11-23-17)20(27)16-7-5-15(6-8-16)14-26-21(28)19-18(10-13-30-19)24-22(26)29/h2-4,10-11,13,15-16H,5-9,12,14H2,1H3,(H,24,29). The van der Waals surface area contributed by atoms with E-state index in [1.54, 1.807) is 17.2 Å². The van der Waals surface area contributed by atoms with Crippen molar-refractivity contribution in [3.63, 3.8) is 0 Å². The molecule has 4 rings (SSSR count). The summed E-state index contributed by atoms with van der Waals surface area (Å²) in [6.07, 6.45) is 5.80. The van der Waals surface area contributed by atoms with Crippen molar-refractivity contribution in [3.05, 3.63) is 62.4 Å². The number of nitrogens with zero attached hydrogens (tertiary/aromatic N) is 3. The quantitative estimate of drug-likeness (QED) is 0.656. The van der Waals surface area contributed by atoms with Gasteiger partial charge in [-0.3, -0.25) is 19.1 Å². The molecular weight excluding hydrogens is 400 g/mol. The van der Waals surface area contributed by atoms with Crippen LogP contribution in [-0.2, 0) is 17.8 Å². The molecule has 3 heterocycles. The smallest absolute Gasteiger partial charge is 0.328 e. The van der Waals surface area contributed by atoms with E-state index >= 15 is 0 Å². The zero-order valence-electron chi connectivity index (χ0n) is 17.0. The molecule has 3 aromatic heterocycles. The van der Waals surface area contributed by atoms with Crippen LogP contribution < -0.4 is 11.2 Å². The number of rotatable bonds is 6. The highest BCUT2D eigenvalue weighted by Crippen LogP contribution is 2.30. The Morgan fingerprint density at radius 1 is 1.23 bits per heavy atom. The number of fused-ring (bicyclic) bond motifs is 1. The van der Waals surface area contributed by atoms with E-state index in [9.17, 15) is 14.4 Å². The average Bonchev–Trinajstić information content (AvgIpc) is 3.24. The predicted molar refractivity (Wildman–Crippen MR) is 118 cm³/mol. The number of H-pyrrole nitrogens is 1. The second-order valence-electron chi connectivity index (χ2n) is 8.06. The molecule has 1 aliphatic carbocycles. The number of likely N-dealkylation sites (N-methyl/N-ethyl adjacent to an activating group) is 1. The Kier molecular flexibility index (Phi) is 6.13. The molecule has 8 heteroatoms. The second-order valence-corrected chi connectivity index (χ2v) is 8.97. The number of carbonyl (C=O) groups excluding carboxylic acids is 1. The highest BCUT2D eigenvalue weighted by Gasteiger charge is 2.29. The zero-order chi connectivity index (χ0) is 21.1. The van der Waals surface area contributed by atoms with E-state index in [-0.39, 0.29) is 29.0 Å². The Morgan fingerprint density at radius 3 is 2.77 bits per heavy atom. The van der Waals surface area contributed by atoms with Crippen LogP contribution >= 0.6 is 11.3 Å². The molecule has 0 bridgehead atoms. The van der Waals surface area contributed by atoms with E-state index in [1.165, 1.54) is 15.9 Å². The summed E-state index contributed by atoms with van der Waals surface area (Å²) in [6.45, 7) is 1.07. The average molecular weight is 427 g/mol. The van der Waals surface area contributed by atoms with Gasteiger partial charge in [0.15, 0.2) is 0 Å². The van der Waals surface area contributed by atoms with Gasteiger partial charge in [0.25, 0.3) is 5.56 Å². The third-order valence-corrected chi connectivity index (χ3v) is 6.94. The molecule has 1 N–H and O–H groups in total. The summed E-state index contributed by atoms with van der Waals surface area (Å²) in [5.74, 6) is 0.438. The lowest BCUT2D eigenvalue weighted by Crippen LogP contribution is -2.39. The van der Waals surface area contributed by atoms with Crippen molar-refractivity contribution < 1.29 is 4.79 Å². The van der Waals surface area contributed by atoms with Crippen molar-refractivity contribution in [2.45, 2.75) is 38.6 Å². The number of aromatic nitrogens is 3. The van der Waals surface area contributed by atoms with E-state index in [1.807, 2.05) is 30.6 Å². The van der Waals surface area contributed by atoms with Gasteiger partial charge < -0.3 is 9.88 Å². The Morgan fingerprint density at radius 2 is 2.03 bits per heavy atom. The number of amides is 1. The fourth-order valence-electron chi connectivity index (χ4n) is 4.24. The SMILES string of the molecule is CN(CCc1ccccn1)C(=O)C1CCC(Cn2c(=O)[nH]c3ccsc3c2=O)CC1. The van der Waals surface area contributed by atoms with Gasteiger partial charge in [0.2, 0.25) is 5.91 Å². The fourth-order valence-corrected chi connectivity index (χ4v) is 5.03. The number of nitrogens with one attached hydrogen (secondary N) is 1. The largest absolute Gasteiger partial charge is 0.345 e. The maximum atomic E-state index is 12.8. The Hall–Kier alpha value is -2.74. The molecule has 0 unspecified atom stereocenters. The zero-order valence-corrected chi connectivity index (χ0v) is 17.9. The van der Waals surface area contributed by atoms with E-state index in [4.69, 9.17) is 0 Å². The molecule has 3 aromatic rings. The van der Waals surface area contributed by atoms with E-state index in [0.29, 0.717) is 23.3 Å². The minimum atomic E-state index is -0.349. The summed E-state index contributed by atoms with van der Waals surface area (Å²) < 4.78 is 1.91. The van der Waals surface area contributed by atoms with Crippen LogP contribution in [0, 0.1) is 11.8 Å². The fraction of sp³-hybridized carbons (Fsp3) is 0.455. The Bertz CT molecular complexity index is 1130. The van der Waals surface area contributed by atoms with E-state index in [2.05, 4.69) is 9.97 Å². The first kappa shape index (κ1) is 20.5. The lowest BCUT2D eigenvalue weighted by Gasteiger charge is -2.30. The third-order valence-electron chi connectivity index (χ3n) is 6.03. The molecule has 0 aliphatic heterocycles. The molecule has 1 fully saturated rings. The molecule has 1 aliphatic rings. The maximum Gasteiger partial charge on any atom is 0.328 e. The van der Waals surface area contributed by atoms with Gasteiger partial charge in [0, 0.05) is 44.4 Å². The van der Waals surface area contributed by atoms with Crippen LogP contribution in [0.5, 0.6) is 0 Å². The van der Waals surface area contributed by atoms with Gasteiger partial charge in [-0.2, -0.15) is 0 Å². The van der Waals surface area contributed by atoms with Crippen LogP contribution in [0.25, 0.3) is 10.2 Å².